The van der Waals surface area contributed by atoms with Gasteiger partial charge in [-0.25, -0.2) is 0 Å². The molecular weight excluding hydrogens is 276 g/mol. The van der Waals surface area contributed by atoms with Crippen molar-refractivity contribution >= 4 is 26.8 Å². The summed E-state index contributed by atoms with van der Waals surface area (Å²) in [6.07, 6.45) is 4.63. The van der Waals surface area contributed by atoms with Gasteiger partial charge in [-0.3, -0.25) is 0 Å². The summed E-state index contributed by atoms with van der Waals surface area (Å²) in [5.41, 5.74) is 2.80. The molecule has 0 saturated carbocycles. The summed E-state index contributed by atoms with van der Waals surface area (Å²) in [4.78, 5) is 0. The Morgan fingerprint density at radius 2 is 2.18 bits per heavy atom. The molecule has 1 aromatic heterocycles. The average molecular weight is 295 g/mol. The van der Waals surface area contributed by atoms with E-state index in [0.29, 0.717) is 0 Å². The van der Waals surface area contributed by atoms with Crippen LogP contribution >= 0.6 is 15.9 Å². The number of hydrogen-bond acceptors (Lipinski definition) is 1. The molecule has 0 unspecified atom stereocenters. The van der Waals surface area contributed by atoms with E-state index in [1.165, 1.54) is 22.9 Å². The van der Waals surface area contributed by atoms with Crippen molar-refractivity contribution in [2.45, 2.75) is 26.3 Å². The molecule has 0 aliphatic rings. The zero-order valence-electron chi connectivity index (χ0n) is 10.5. The second-order valence-electron chi connectivity index (χ2n) is 4.31. The average Bonchev–Trinajstić information content (AvgIpc) is 2.67. The molecule has 17 heavy (non-hydrogen) atoms. The monoisotopic (exact) mass is 294 g/mol. The first-order valence-electron chi connectivity index (χ1n) is 6.18. The van der Waals surface area contributed by atoms with Gasteiger partial charge in [-0.2, -0.15) is 0 Å². The number of hydrogen-bond donors (Lipinski definition) is 1. The van der Waals surface area contributed by atoms with E-state index in [1.807, 2.05) is 7.05 Å². The third kappa shape index (κ3) is 2.72. The first kappa shape index (κ1) is 12.7. The minimum absolute atomic E-state index is 1.03. The molecule has 92 valence electrons. The van der Waals surface area contributed by atoms with Gasteiger partial charge in [0.1, 0.15) is 0 Å². The highest BCUT2D eigenvalue weighted by Crippen LogP contribution is 2.25. The van der Waals surface area contributed by atoms with E-state index in [2.05, 4.69) is 57.1 Å². The Hall–Kier alpha value is -0.800. The fraction of sp³-hybridized carbons (Fsp3) is 0.429. The summed E-state index contributed by atoms with van der Waals surface area (Å²) in [6, 6.07) is 6.56. The molecule has 1 aromatic carbocycles. The van der Waals surface area contributed by atoms with Crippen molar-refractivity contribution in [3.8, 4) is 0 Å². The van der Waals surface area contributed by atoms with Crippen molar-refractivity contribution in [3.05, 3.63) is 34.4 Å². The van der Waals surface area contributed by atoms with Gasteiger partial charge in [0, 0.05) is 28.1 Å². The molecule has 0 saturated heterocycles. The SMILES string of the molecule is CCn1cc(CCCNC)c2ccc(Br)cc21. The van der Waals surface area contributed by atoms with E-state index in [9.17, 15) is 0 Å². The maximum Gasteiger partial charge on any atom is 0.0494 e. The van der Waals surface area contributed by atoms with Crippen LogP contribution in [0.15, 0.2) is 28.9 Å². The first-order valence-corrected chi connectivity index (χ1v) is 6.97. The third-order valence-corrected chi connectivity index (χ3v) is 3.63. The zero-order valence-corrected chi connectivity index (χ0v) is 12.0. The van der Waals surface area contributed by atoms with E-state index < -0.39 is 0 Å². The van der Waals surface area contributed by atoms with Gasteiger partial charge in [0.15, 0.2) is 0 Å². The topological polar surface area (TPSA) is 17.0 Å². The van der Waals surface area contributed by atoms with Crippen LogP contribution < -0.4 is 5.32 Å². The molecule has 2 rings (SSSR count). The van der Waals surface area contributed by atoms with Gasteiger partial charge in [-0.05, 0) is 51.1 Å². The second kappa shape index (κ2) is 5.69. The summed E-state index contributed by atoms with van der Waals surface area (Å²) in [5, 5.41) is 4.60. The molecule has 2 aromatic rings. The molecule has 0 bridgehead atoms. The van der Waals surface area contributed by atoms with Crippen molar-refractivity contribution < 1.29 is 0 Å². The van der Waals surface area contributed by atoms with Crippen LogP contribution in [0.25, 0.3) is 10.9 Å². The number of nitrogens with zero attached hydrogens (tertiary/aromatic N) is 1. The van der Waals surface area contributed by atoms with Crippen LogP contribution in [0.2, 0.25) is 0 Å². The van der Waals surface area contributed by atoms with Crippen LogP contribution in [-0.2, 0) is 13.0 Å². The Balaban J connectivity index is 2.35. The molecule has 3 heteroatoms. The van der Waals surface area contributed by atoms with Gasteiger partial charge in [0.05, 0.1) is 0 Å². The Kier molecular flexibility index (Phi) is 4.24. The maximum absolute atomic E-state index is 3.55. The Morgan fingerprint density at radius 3 is 2.88 bits per heavy atom. The molecule has 0 spiro atoms. The quantitative estimate of drug-likeness (QED) is 0.834. The Bertz CT molecular complexity index is 502. The van der Waals surface area contributed by atoms with Crippen molar-refractivity contribution in [3.63, 3.8) is 0 Å². The normalized spacial score (nSPS) is 11.2. The number of fused-ring (bicyclic) bond motifs is 1. The van der Waals surface area contributed by atoms with E-state index in [4.69, 9.17) is 0 Å². The van der Waals surface area contributed by atoms with Crippen LogP contribution in [0.5, 0.6) is 0 Å². The highest BCUT2D eigenvalue weighted by Gasteiger charge is 2.07. The molecule has 0 fully saturated rings. The summed E-state index contributed by atoms with van der Waals surface area (Å²) in [5.74, 6) is 0. The summed E-state index contributed by atoms with van der Waals surface area (Å²) in [7, 11) is 2.01. The van der Waals surface area contributed by atoms with Gasteiger partial charge in [0.25, 0.3) is 0 Å². The zero-order chi connectivity index (χ0) is 12.3. The fourth-order valence-corrected chi connectivity index (χ4v) is 2.61. The summed E-state index contributed by atoms with van der Waals surface area (Å²) >= 11 is 3.55. The number of aromatic nitrogens is 1. The smallest absolute Gasteiger partial charge is 0.0494 e. The van der Waals surface area contributed by atoms with Gasteiger partial charge in [-0.1, -0.05) is 22.0 Å². The standard InChI is InChI=1S/C14H19BrN2/c1-3-17-10-11(5-4-8-16-2)13-7-6-12(15)9-14(13)17/h6-7,9-10,16H,3-5,8H2,1-2H3. The second-order valence-corrected chi connectivity index (χ2v) is 5.22. The van der Waals surface area contributed by atoms with Crippen LogP contribution in [0.1, 0.15) is 18.9 Å². The lowest BCUT2D eigenvalue weighted by Crippen LogP contribution is -2.08. The van der Waals surface area contributed by atoms with Gasteiger partial charge < -0.3 is 9.88 Å². The van der Waals surface area contributed by atoms with E-state index in [-0.39, 0.29) is 0 Å². The lowest BCUT2D eigenvalue weighted by atomic mass is 10.1. The van der Waals surface area contributed by atoms with Crippen LogP contribution in [0.3, 0.4) is 0 Å². The van der Waals surface area contributed by atoms with Crippen LogP contribution in [-0.4, -0.2) is 18.2 Å². The van der Waals surface area contributed by atoms with E-state index in [1.54, 1.807) is 0 Å². The number of benzene rings is 1. The molecule has 1 heterocycles. The molecule has 0 aliphatic carbocycles. The lowest BCUT2D eigenvalue weighted by Gasteiger charge is -2.00. The number of aryl methyl sites for hydroxylation is 2. The van der Waals surface area contributed by atoms with Crippen LogP contribution in [0.4, 0.5) is 0 Å². The highest BCUT2D eigenvalue weighted by molar-refractivity contribution is 9.10. The van der Waals surface area contributed by atoms with Gasteiger partial charge in [0.2, 0.25) is 0 Å². The minimum atomic E-state index is 1.03. The first-order chi connectivity index (χ1) is 8.26. The van der Waals surface area contributed by atoms with Gasteiger partial charge >= 0.3 is 0 Å². The summed E-state index contributed by atoms with van der Waals surface area (Å²) < 4.78 is 3.48. The largest absolute Gasteiger partial charge is 0.347 e. The lowest BCUT2D eigenvalue weighted by molar-refractivity contribution is 0.721. The predicted molar refractivity (Wildman–Crippen MR) is 77.6 cm³/mol. The molecule has 0 atom stereocenters. The number of halogens is 1. The Labute approximate surface area is 111 Å². The highest BCUT2D eigenvalue weighted by atomic mass is 79.9. The Morgan fingerprint density at radius 1 is 1.35 bits per heavy atom. The predicted octanol–water partition coefficient (Wildman–Crippen LogP) is 3.58. The minimum Gasteiger partial charge on any atom is -0.347 e. The molecular formula is C14H19BrN2. The van der Waals surface area contributed by atoms with Crippen molar-refractivity contribution in [2.75, 3.05) is 13.6 Å². The maximum atomic E-state index is 3.55. The summed E-state index contributed by atoms with van der Waals surface area (Å²) in [6.45, 7) is 4.30. The molecule has 0 aliphatic heterocycles. The van der Waals surface area contributed by atoms with Crippen molar-refractivity contribution in [1.82, 2.24) is 9.88 Å². The molecule has 2 nitrogen and oxygen atoms in total. The number of rotatable bonds is 5. The van der Waals surface area contributed by atoms with E-state index >= 15 is 0 Å². The molecule has 1 N–H and O–H groups in total. The molecule has 0 amide bonds. The third-order valence-electron chi connectivity index (χ3n) is 3.14. The number of nitrogens with one attached hydrogen (secondary N) is 1. The van der Waals surface area contributed by atoms with Crippen molar-refractivity contribution in [1.29, 1.82) is 0 Å². The fourth-order valence-electron chi connectivity index (χ4n) is 2.26. The van der Waals surface area contributed by atoms with Gasteiger partial charge in [-0.15, -0.1) is 0 Å². The van der Waals surface area contributed by atoms with E-state index in [0.717, 1.165) is 24.0 Å². The van der Waals surface area contributed by atoms with Crippen molar-refractivity contribution in [2.24, 2.45) is 0 Å². The molecule has 0 radical (unpaired) electrons. The van der Waals surface area contributed by atoms with Crippen LogP contribution in [0, 0.1) is 0 Å².